The van der Waals surface area contributed by atoms with Crippen molar-refractivity contribution in [1.82, 2.24) is 15.2 Å². The van der Waals surface area contributed by atoms with Gasteiger partial charge in [0.15, 0.2) is 18.2 Å². The molecule has 1 aromatic heterocycles. The highest BCUT2D eigenvalue weighted by Crippen LogP contribution is 2.29. The number of piperazine rings is 1. The third kappa shape index (κ3) is 3.25. The number of carbonyl (C=O) groups is 2. The zero-order valence-corrected chi connectivity index (χ0v) is 14.3. The summed E-state index contributed by atoms with van der Waals surface area (Å²) in [6.07, 6.45) is 1.59. The van der Waals surface area contributed by atoms with Gasteiger partial charge in [0.25, 0.3) is 5.91 Å². The number of aromatic nitrogens is 1. The number of carbonyl (C=O) groups excluding carboxylic acids is 2. The minimum Gasteiger partial charge on any atom is -0.480 e. The van der Waals surface area contributed by atoms with Gasteiger partial charge in [-0.2, -0.15) is 0 Å². The normalized spacial score (nSPS) is 19.7. The maximum Gasteiger partial charge on any atom is 0.266 e. The third-order valence-corrected chi connectivity index (χ3v) is 4.68. The van der Waals surface area contributed by atoms with Crippen molar-refractivity contribution in [1.29, 1.82) is 0 Å². The highest BCUT2D eigenvalue weighted by atomic mass is 16.5. The van der Waals surface area contributed by atoms with E-state index < -0.39 is 0 Å². The van der Waals surface area contributed by atoms with Crippen molar-refractivity contribution in [3.8, 4) is 5.75 Å². The van der Waals surface area contributed by atoms with E-state index in [1.54, 1.807) is 23.2 Å². The van der Waals surface area contributed by atoms with Gasteiger partial charge in [0.2, 0.25) is 5.91 Å². The number of nitrogens with one attached hydrogen (secondary N) is 1. The SMILES string of the molecule is O=C(CN1C(=O)COc2cccnc21)N1CCNC(c2ccccc2)C1. The molecule has 2 amide bonds. The highest BCUT2D eigenvalue weighted by Gasteiger charge is 2.31. The zero-order chi connectivity index (χ0) is 17.9. The van der Waals surface area contributed by atoms with Crippen molar-refractivity contribution >= 4 is 17.6 Å². The quantitative estimate of drug-likeness (QED) is 0.891. The van der Waals surface area contributed by atoms with Crippen molar-refractivity contribution in [3.63, 3.8) is 0 Å². The molecule has 4 rings (SSSR count). The number of amides is 2. The Hall–Kier alpha value is -2.93. The van der Waals surface area contributed by atoms with Gasteiger partial charge in [-0.05, 0) is 17.7 Å². The molecule has 0 aliphatic carbocycles. The van der Waals surface area contributed by atoms with Gasteiger partial charge in [-0.1, -0.05) is 30.3 Å². The van der Waals surface area contributed by atoms with Crippen LogP contribution in [0.4, 0.5) is 5.82 Å². The Labute approximate surface area is 151 Å². The average molecular weight is 352 g/mol. The fourth-order valence-electron chi connectivity index (χ4n) is 3.32. The molecular weight excluding hydrogens is 332 g/mol. The summed E-state index contributed by atoms with van der Waals surface area (Å²) < 4.78 is 5.38. The first-order chi connectivity index (χ1) is 12.7. The first-order valence-corrected chi connectivity index (χ1v) is 8.66. The van der Waals surface area contributed by atoms with Crippen LogP contribution < -0.4 is 15.0 Å². The Morgan fingerprint density at radius 3 is 2.92 bits per heavy atom. The number of ether oxygens (including phenoxy) is 1. The topological polar surface area (TPSA) is 74.8 Å². The molecule has 1 aromatic carbocycles. The molecule has 1 N–H and O–H groups in total. The molecular formula is C19H20N4O3. The number of rotatable bonds is 3. The summed E-state index contributed by atoms with van der Waals surface area (Å²) in [6.45, 7) is 1.83. The number of pyridine rings is 1. The average Bonchev–Trinajstić information content (AvgIpc) is 2.71. The summed E-state index contributed by atoms with van der Waals surface area (Å²) >= 11 is 0. The summed E-state index contributed by atoms with van der Waals surface area (Å²) in [5.74, 6) is 0.604. The second kappa shape index (κ2) is 7.13. The van der Waals surface area contributed by atoms with Crippen LogP contribution in [0.2, 0.25) is 0 Å². The molecule has 0 saturated carbocycles. The first-order valence-electron chi connectivity index (χ1n) is 8.66. The molecule has 134 valence electrons. The van der Waals surface area contributed by atoms with Gasteiger partial charge < -0.3 is 15.0 Å². The zero-order valence-electron chi connectivity index (χ0n) is 14.3. The number of benzene rings is 1. The first kappa shape index (κ1) is 16.5. The fraction of sp³-hybridized carbons (Fsp3) is 0.316. The van der Waals surface area contributed by atoms with Gasteiger partial charge in [0.1, 0.15) is 6.54 Å². The van der Waals surface area contributed by atoms with Crippen LogP contribution in [-0.4, -0.2) is 54.5 Å². The van der Waals surface area contributed by atoms with Crippen molar-refractivity contribution in [2.75, 3.05) is 37.7 Å². The largest absolute Gasteiger partial charge is 0.480 e. The molecule has 0 radical (unpaired) electrons. The predicted molar refractivity (Wildman–Crippen MR) is 95.9 cm³/mol. The van der Waals surface area contributed by atoms with E-state index >= 15 is 0 Å². The van der Waals surface area contributed by atoms with Crippen molar-refractivity contribution in [2.24, 2.45) is 0 Å². The Balaban J connectivity index is 1.47. The van der Waals surface area contributed by atoms with Crippen LogP contribution in [0.25, 0.3) is 0 Å². The van der Waals surface area contributed by atoms with Crippen molar-refractivity contribution in [3.05, 3.63) is 54.2 Å². The van der Waals surface area contributed by atoms with Gasteiger partial charge in [-0.25, -0.2) is 4.98 Å². The molecule has 1 saturated heterocycles. The van der Waals surface area contributed by atoms with Gasteiger partial charge in [-0.15, -0.1) is 0 Å². The Morgan fingerprint density at radius 1 is 1.23 bits per heavy atom. The van der Waals surface area contributed by atoms with Crippen LogP contribution in [-0.2, 0) is 9.59 Å². The van der Waals surface area contributed by atoms with E-state index in [0.29, 0.717) is 24.7 Å². The van der Waals surface area contributed by atoms with E-state index in [1.165, 1.54) is 4.90 Å². The lowest BCUT2D eigenvalue weighted by molar-refractivity contribution is -0.133. The van der Waals surface area contributed by atoms with Crippen molar-refractivity contribution in [2.45, 2.75) is 6.04 Å². The van der Waals surface area contributed by atoms with Crippen LogP contribution >= 0.6 is 0 Å². The molecule has 1 atom stereocenters. The number of hydrogen-bond acceptors (Lipinski definition) is 5. The molecule has 2 aromatic rings. The summed E-state index contributed by atoms with van der Waals surface area (Å²) in [5.41, 5.74) is 1.15. The summed E-state index contributed by atoms with van der Waals surface area (Å²) in [4.78, 5) is 32.5. The Kier molecular flexibility index (Phi) is 4.53. The molecule has 3 heterocycles. The standard InChI is InChI=1S/C19H20N4O3/c24-17(12-23-18(25)13-26-16-7-4-8-21-19(16)23)22-10-9-20-15(11-22)14-5-2-1-3-6-14/h1-8,15,20H,9-13H2. The lowest BCUT2D eigenvalue weighted by atomic mass is 10.0. The van der Waals surface area contributed by atoms with Gasteiger partial charge in [-0.3, -0.25) is 14.5 Å². The summed E-state index contributed by atoms with van der Waals surface area (Å²) in [5, 5.41) is 3.44. The molecule has 2 aliphatic rings. The lowest BCUT2D eigenvalue weighted by Gasteiger charge is -2.36. The number of nitrogens with zero attached hydrogens (tertiary/aromatic N) is 3. The van der Waals surface area contributed by atoms with Crippen molar-refractivity contribution < 1.29 is 14.3 Å². The van der Waals surface area contributed by atoms with Gasteiger partial charge in [0, 0.05) is 31.9 Å². The predicted octanol–water partition coefficient (Wildman–Crippen LogP) is 0.980. The molecule has 2 aliphatic heterocycles. The number of anilines is 1. The maximum absolute atomic E-state index is 12.8. The molecule has 7 nitrogen and oxygen atoms in total. The Morgan fingerprint density at radius 2 is 2.08 bits per heavy atom. The number of fused-ring (bicyclic) bond motifs is 1. The van der Waals surface area contributed by atoms with Gasteiger partial charge in [0.05, 0.1) is 0 Å². The smallest absolute Gasteiger partial charge is 0.266 e. The van der Waals surface area contributed by atoms with Crippen LogP contribution in [0.5, 0.6) is 5.75 Å². The van der Waals surface area contributed by atoms with E-state index in [0.717, 1.165) is 12.1 Å². The Bertz CT molecular complexity index is 811. The van der Waals surface area contributed by atoms with E-state index in [9.17, 15) is 9.59 Å². The molecule has 1 unspecified atom stereocenters. The van der Waals surface area contributed by atoms with Crippen LogP contribution in [0.1, 0.15) is 11.6 Å². The van der Waals surface area contributed by atoms with Crippen LogP contribution in [0, 0.1) is 0 Å². The van der Waals surface area contributed by atoms with E-state index in [-0.39, 0.29) is 31.0 Å². The molecule has 1 fully saturated rings. The van der Waals surface area contributed by atoms with E-state index in [2.05, 4.69) is 22.4 Å². The molecule has 7 heteroatoms. The molecule has 0 spiro atoms. The second-order valence-electron chi connectivity index (χ2n) is 6.35. The maximum atomic E-state index is 12.8. The highest BCUT2D eigenvalue weighted by molar-refractivity contribution is 6.01. The lowest BCUT2D eigenvalue weighted by Crippen LogP contribution is -2.52. The third-order valence-electron chi connectivity index (χ3n) is 4.68. The van der Waals surface area contributed by atoms with E-state index in [1.807, 2.05) is 18.2 Å². The summed E-state index contributed by atoms with van der Waals surface area (Å²) in [6, 6.07) is 13.7. The van der Waals surface area contributed by atoms with E-state index in [4.69, 9.17) is 4.74 Å². The molecule has 0 bridgehead atoms. The van der Waals surface area contributed by atoms with Crippen LogP contribution in [0.3, 0.4) is 0 Å². The van der Waals surface area contributed by atoms with Crippen LogP contribution in [0.15, 0.2) is 48.7 Å². The fourth-order valence-corrected chi connectivity index (χ4v) is 3.32. The minimum absolute atomic E-state index is 0.0201. The minimum atomic E-state index is -0.251. The summed E-state index contributed by atoms with van der Waals surface area (Å²) in [7, 11) is 0. The van der Waals surface area contributed by atoms with Gasteiger partial charge >= 0.3 is 0 Å². The number of hydrogen-bond donors (Lipinski definition) is 1. The second-order valence-corrected chi connectivity index (χ2v) is 6.35. The molecule has 26 heavy (non-hydrogen) atoms. The monoisotopic (exact) mass is 352 g/mol.